The first-order valence-electron chi connectivity index (χ1n) is 6.42. The molecule has 0 aliphatic heterocycles. The van der Waals surface area contributed by atoms with E-state index in [9.17, 15) is 13.6 Å². The summed E-state index contributed by atoms with van der Waals surface area (Å²) in [5.41, 5.74) is 5.64. The molecule has 0 saturated carbocycles. The molecule has 0 spiro atoms. The molecule has 7 heteroatoms. The second-order valence-electron chi connectivity index (χ2n) is 5.23. The normalized spacial score (nSPS) is 13.2. The lowest BCUT2D eigenvalue weighted by atomic mass is 9.89. The Bertz CT molecular complexity index is 460. The molecule has 1 amide bonds. The van der Waals surface area contributed by atoms with Crippen LogP contribution in [0.2, 0.25) is 0 Å². The van der Waals surface area contributed by atoms with Gasteiger partial charge in [-0.3, -0.25) is 20.6 Å². The van der Waals surface area contributed by atoms with E-state index in [1.165, 1.54) is 12.4 Å². The summed E-state index contributed by atoms with van der Waals surface area (Å²) >= 11 is 0. The van der Waals surface area contributed by atoms with Crippen LogP contribution >= 0.6 is 0 Å². The lowest BCUT2D eigenvalue weighted by Crippen LogP contribution is -2.39. The number of alkyl halides is 2. The second-order valence-corrected chi connectivity index (χ2v) is 5.23. The van der Waals surface area contributed by atoms with Gasteiger partial charge >= 0.3 is 0 Å². The zero-order valence-corrected chi connectivity index (χ0v) is 12.1. The minimum absolute atomic E-state index is 0.189. The molecule has 5 nitrogen and oxygen atoms in total. The molecule has 1 heterocycles. The Balaban J connectivity index is 2.66. The van der Waals surface area contributed by atoms with E-state index in [1.54, 1.807) is 20.8 Å². The van der Waals surface area contributed by atoms with Crippen molar-refractivity contribution in [2.24, 2.45) is 11.8 Å². The average molecular weight is 286 g/mol. The lowest BCUT2D eigenvalue weighted by Gasteiger charge is -2.23. The molecule has 0 aromatic carbocycles. The number of amides is 1. The average Bonchev–Trinajstić information content (AvgIpc) is 2.33. The minimum atomic E-state index is -2.88. The quantitative estimate of drug-likeness (QED) is 0.789. The summed E-state index contributed by atoms with van der Waals surface area (Å²) in [4.78, 5) is 20.0. The van der Waals surface area contributed by atoms with Crippen molar-refractivity contribution in [1.29, 1.82) is 0 Å². The Hall–Kier alpha value is -1.79. The molecule has 0 bridgehead atoms. The van der Waals surface area contributed by atoms with Gasteiger partial charge in [-0.15, -0.1) is 0 Å². The summed E-state index contributed by atoms with van der Waals surface area (Å²) in [6.07, 6.45) is 2.51. The van der Waals surface area contributed by atoms with E-state index in [0.29, 0.717) is 11.5 Å². The number of hydrogen-bond acceptors (Lipinski definition) is 4. The van der Waals surface area contributed by atoms with Gasteiger partial charge in [-0.2, -0.15) is 0 Å². The molecule has 2 N–H and O–H groups in total. The number of carbonyl (C=O) groups excluding carboxylic acids is 1. The number of aryl methyl sites for hydroxylation is 1. The summed E-state index contributed by atoms with van der Waals surface area (Å²) in [6, 6.07) is 0. The monoisotopic (exact) mass is 286 g/mol. The number of hydrogen-bond donors (Lipinski definition) is 2. The van der Waals surface area contributed by atoms with Gasteiger partial charge in [-0.05, 0) is 19.8 Å². The first-order valence-corrected chi connectivity index (χ1v) is 6.42. The first-order chi connectivity index (χ1) is 9.20. The standard InChI is InChI=1S/C13H20F2N4O/c1-8(2)10(7-13(4,14)15)12(20)19-18-11-9(3)16-5-6-17-11/h5-6,8,10H,7H2,1-4H3,(H,17,18)(H,19,20). The van der Waals surface area contributed by atoms with Crippen LogP contribution in [0, 0.1) is 18.8 Å². The summed E-state index contributed by atoms with van der Waals surface area (Å²) in [6.45, 7) is 6.02. The fraction of sp³-hybridized carbons (Fsp3) is 0.615. The molecule has 0 aliphatic rings. The van der Waals surface area contributed by atoms with Gasteiger partial charge in [-0.25, -0.2) is 13.8 Å². The van der Waals surface area contributed by atoms with E-state index < -0.39 is 24.2 Å². The van der Waals surface area contributed by atoms with E-state index in [0.717, 1.165) is 6.92 Å². The summed E-state index contributed by atoms with van der Waals surface area (Å²) < 4.78 is 26.2. The van der Waals surface area contributed by atoms with Crippen molar-refractivity contribution in [3.8, 4) is 0 Å². The molecule has 1 aromatic heterocycles. The third-order valence-electron chi connectivity index (χ3n) is 2.91. The van der Waals surface area contributed by atoms with Crippen molar-refractivity contribution in [2.45, 2.75) is 40.0 Å². The highest BCUT2D eigenvalue weighted by molar-refractivity contribution is 5.80. The Morgan fingerprint density at radius 3 is 2.45 bits per heavy atom. The molecule has 0 saturated heterocycles. The van der Waals surface area contributed by atoms with Crippen LogP contribution < -0.4 is 10.9 Å². The molecule has 0 aliphatic carbocycles. The largest absolute Gasteiger partial charge is 0.280 e. The number of nitrogens with one attached hydrogen (secondary N) is 2. The van der Waals surface area contributed by atoms with Gasteiger partial charge in [0.25, 0.3) is 0 Å². The van der Waals surface area contributed by atoms with Crippen LogP contribution in [0.15, 0.2) is 12.4 Å². The van der Waals surface area contributed by atoms with E-state index >= 15 is 0 Å². The van der Waals surface area contributed by atoms with Gasteiger partial charge in [0.15, 0.2) is 5.82 Å². The fourth-order valence-corrected chi connectivity index (χ4v) is 1.76. The highest BCUT2D eigenvalue weighted by Gasteiger charge is 2.33. The van der Waals surface area contributed by atoms with Gasteiger partial charge in [0.2, 0.25) is 11.8 Å². The minimum Gasteiger partial charge on any atom is -0.280 e. The van der Waals surface area contributed by atoms with Gasteiger partial charge < -0.3 is 0 Å². The summed E-state index contributed by atoms with van der Waals surface area (Å²) in [5.74, 6) is -3.93. The third-order valence-corrected chi connectivity index (χ3v) is 2.91. The molecule has 0 fully saturated rings. The number of anilines is 1. The van der Waals surface area contributed by atoms with Gasteiger partial charge in [0, 0.05) is 24.7 Å². The van der Waals surface area contributed by atoms with Crippen LogP contribution in [0.5, 0.6) is 0 Å². The molecule has 1 unspecified atom stereocenters. The maximum Gasteiger partial charge on any atom is 0.246 e. The Morgan fingerprint density at radius 2 is 1.95 bits per heavy atom. The van der Waals surface area contributed by atoms with Crippen LogP contribution in [0.25, 0.3) is 0 Å². The van der Waals surface area contributed by atoms with Crippen LogP contribution in [0.4, 0.5) is 14.6 Å². The van der Waals surface area contributed by atoms with Crippen LogP contribution in [-0.2, 0) is 4.79 Å². The molecule has 1 atom stereocenters. The highest BCUT2D eigenvalue weighted by atomic mass is 19.3. The number of hydrazine groups is 1. The molecule has 0 radical (unpaired) electrons. The Morgan fingerprint density at radius 1 is 1.35 bits per heavy atom. The van der Waals surface area contributed by atoms with E-state index in [4.69, 9.17) is 0 Å². The molecule has 112 valence electrons. The van der Waals surface area contributed by atoms with E-state index in [1.807, 2.05) is 0 Å². The molecular formula is C13H20F2N4O. The third kappa shape index (κ3) is 5.07. The summed E-state index contributed by atoms with van der Waals surface area (Å²) in [5, 5.41) is 0. The highest BCUT2D eigenvalue weighted by Crippen LogP contribution is 2.27. The van der Waals surface area contributed by atoms with Crippen LogP contribution in [0.1, 0.15) is 32.9 Å². The summed E-state index contributed by atoms with van der Waals surface area (Å²) in [7, 11) is 0. The van der Waals surface area contributed by atoms with Crippen molar-refractivity contribution in [3.05, 3.63) is 18.1 Å². The van der Waals surface area contributed by atoms with Gasteiger partial charge in [0.1, 0.15) is 0 Å². The number of aromatic nitrogens is 2. The molecule has 1 rings (SSSR count). The van der Waals surface area contributed by atoms with Crippen LogP contribution in [-0.4, -0.2) is 21.8 Å². The smallest absolute Gasteiger partial charge is 0.246 e. The first kappa shape index (κ1) is 16.3. The van der Waals surface area contributed by atoms with E-state index in [2.05, 4.69) is 20.8 Å². The van der Waals surface area contributed by atoms with Crippen molar-refractivity contribution in [1.82, 2.24) is 15.4 Å². The fourth-order valence-electron chi connectivity index (χ4n) is 1.76. The number of nitrogens with zero attached hydrogens (tertiary/aromatic N) is 2. The number of halogens is 2. The number of carbonyl (C=O) groups is 1. The zero-order chi connectivity index (χ0) is 15.3. The Labute approximate surface area is 117 Å². The van der Waals surface area contributed by atoms with E-state index in [-0.39, 0.29) is 5.92 Å². The maximum absolute atomic E-state index is 13.1. The maximum atomic E-state index is 13.1. The topological polar surface area (TPSA) is 66.9 Å². The van der Waals surface area contributed by atoms with Crippen LogP contribution in [0.3, 0.4) is 0 Å². The lowest BCUT2D eigenvalue weighted by molar-refractivity contribution is -0.129. The van der Waals surface area contributed by atoms with Crippen molar-refractivity contribution in [2.75, 3.05) is 5.43 Å². The van der Waals surface area contributed by atoms with Crippen molar-refractivity contribution in [3.63, 3.8) is 0 Å². The van der Waals surface area contributed by atoms with Crippen molar-refractivity contribution >= 4 is 11.7 Å². The molecular weight excluding hydrogens is 266 g/mol. The SMILES string of the molecule is Cc1nccnc1NNC(=O)C(CC(C)(F)F)C(C)C. The Kier molecular flexibility index (Phi) is 5.35. The second kappa shape index (κ2) is 6.58. The zero-order valence-electron chi connectivity index (χ0n) is 12.1. The predicted octanol–water partition coefficient (Wildman–Crippen LogP) is 2.55. The number of rotatable bonds is 6. The van der Waals surface area contributed by atoms with Gasteiger partial charge in [0.05, 0.1) is 5.69 Å². The van der Waals surface area contributed by atoms with Crippen molar-refractivity contribution < 1.29 is 13.6 Å². The molecule has 20 heavy (non-hydrogen) atoms. The van der Waals surface area contributed by atoms with Gasteiger partial charge in [-0.1, -0.05) is 13.8 Å². The predicted molar refractivity (Wildman–Crippen MR) is 72.1 cm³/mol. The molecule has 1 aromatic rings.